The first-order valence-electron chi connectivity index (χ1n) is 7.66. The Morgan fingerprint density at radius 1 is 1.05 bits per heavy atom. The Morgan fingerprint density at radius 3 is 2.14 bits per heavy atom. The van der Waals surface area contributed by atoms with Gasteiger partial charge in [-0.1, -0.05) is 0 Å². The Hall–Kier alpha value is -2.01. The molecule has 116 valence electrons. The minimum Gasteiger partial charge on any atom is -0.368 e. The van der Waals surface area contributed by atoms with Crippen molar-refractivity contribution in [3.05, 3.63) is 41.5 Å². The van der Waals surface area contributed by atoms with Crippen molar-refractivity contribution in [1.82, 2.24) is 9.97 Å². The summed E-state index contributed by atoms with van der Waals surface area (Å²) >= 11 is 0. The molecular formula is C17H21FN4. The Labute approximate surface area is 130 Å². The van der Waals surface area contributed by atoms with E-state index in [0.29, 0.717) is 11.9 Å². The van der Waals surface area contributed by atoms with E-state index >= 15 is 0 Å². The first-order valence-corrected chi connectivity index (χ1v) is 7.66. The molecule has 22 heavy (non-hydrogen) atoms. The van der Waals surface area contributed by atoms with E-state index in [1.165, 1.54) is 12.1 Å². The monoisotopic (exact) mass is 300 g/mol. The lowest BCUT2D eigenvalue weighted by molar-refractivity contribution is 0.499. The predicted octanol–water partition coefficient (Wildman–Crippen LogP) is 2.83. The van der Waals surface area contributed by atoms with Crippen LogP contribution in [0.25, 0.3) is 11.4 Å². The van der Waals surface area contributed by atoms with Crippen molar-refractivity contribution in [1.29, 1.82) is 0 Å². The van der Waals surface area contributed by atoms with Crippen LogP contribution < -0.4 is 10.6 Å². The van der Waals surface area contributed by atoms with Crippen LogP contribution in [0.5, 0.6) is 0 Å². The van der Waals surface area contributed by atoms with Crippen molar-refractivity contribution in [2.24, 2.45) is 5.73 Å². The molecule has 0 radical (unpaired) electrons. The molecule has 0 bridgehead atoms. The molecule has 0 spiro atoms. The Morgan fingerprint density at radius 2 is 1.59 bits per heavy atom. The van der Waals surface area contributed by atoms with E-state index in [1.807, 2.05) is 13.8 Å². The number of aryl methyl sites for hydroxylation is 2. The van der Waals surface area contributed by atoms with Crippen molar-refractivity contribution < 1.29 is 4.39 Å². The summed E-state index contributed by atoms with van der Waals surface area (Å²) in [5.41, 5.74) is 9.84. The third kappa shape index (κ3) is 2.95. The van der Waals surface area contributed by atoms with E-state index in [9.17, 15) is 4.39 Å². The standard InChI is InChI=1S/C17H21FN4/c1-11-16(22-9-7-15(19)8-10-22)12(2)21-17(20-11)13-3-5-14(18)6-4-13/h3-6,15H,7-10,19H2,1-2H3. The molecule has 2 aromatic rings. The molecule has 0 atom stereocenters. The van der Waals surface area contributed by atoms with Crippen LogP contribution in [0.2, 0.25) is 0 Å². The third-order valence-electron chi connectivity index (χ3n) is 4.19. The maximum Gasteiger partial charge on any atom is 0.159 e. The summed E-state index contributed by atoms with van der Waals surface area (Å²) in [5, 5.41) is 0. The highest BCUT2D eigenvalue weighted by molar-refractivity contribution is 5.61. The highest BCUT2D eigenvalue weighted by Gasteiger charge is 2.21. The zero-order valence-corrected chi connectivity index (χ0v) is 13.0. The summed E-state index contributed by atoms with van der Waals surface area (Å²) in [6.07, 6.45) is 2.00. The van der Waals surface area contributed by atoms with Crippen LogP contribution in [-0.4, -0.2) is 29.1 Å². The van der Waals surface area contributed by atoms with E-state index in [2.05, 4.69) is 14.9 Å². The quantitative estimate of drug-likeness (QED) is 0.926. The second kappa shape index (κ2) is 6.01. The number of hydrogen-bond donors (Lipinski definition) is 1. The van der Waals surface area contributed by atoms with E-state index < -0.39 is 0 Å². The summed E-state index contributed by atoms with van der Waals surface area (Å²) in [7, 11) is 0. The normalized spacial score (nSPS) is 16.1. The van der Waals surface area contributed by atoms with Gasteiger partial charge in [-0.05, 0) is 51.0 Å². The highest BCUT2D eigenvalue weighted by atomic mass is 19.1. The van der Waals surface area contributed by atoms with Gasteiger partial charge in [0.15, 0.2) is 5.82 Å². The van der Waals surface area contributed by atoms with Gasteiger partial charge in [0, 0.05) is 24.7 Å². The molecule has 4 nitrogen and oxygen atoms in total. The van der Waals surface area contributed by atoms with Crippen molar-refractivity contribution in [3.63, 3.8) is 0 Å². The van der Waals surface area contributed by atoms with Crippen LogP contribution in [0.1, 0.15) is 24.2 Å². The number of rotatable bonds is 2. The van der Waals surface area contributed by atoms with Gasteiger partial charge in [0.25, 0.3) is 0 Å². The number of nitrogens with zero attached hydrogens (tertiary/aromatic N) is 3. The van der Waals surface area contributed by atoms with Crippen molar-refractivity contribution in [2.75, 3.05) is 18.0 Å². The van der Waals surface area contributed by atoms with Gasteiger partial charge in [-0.3, -0.25) is 0 Å². The van der Waals surface area contributed by atoms with E-state index in [4.69, 9.17) is 5.73 Å². The first kappa shape index (κ1) is 14.9. The van der Waals surface area contributed by atoms with Crippen molar-refractivity contribution in [3.8, 4) is 11.4 Å². The number of hydrogen-bond acceptors (Lipinski definition) is 4. The summed E-state index contributed by atoms with van der Waals surface area (Å²) < 4.78 is 13.0. The molecule has 1 aliphatic heterocycles. The zero-order chi connectivity index (χ0) is 15.7. The van der Waals surface area contributed by atoms with Crippen LogP contribution in [0.15, 0.2) is 24.3 Å². The topological polar surface area (TPSA) is 55.0 Å². The molecule has 0 saturated carbocycles. The van der Waals surface area contributed by atoms with Gasteiger partial charge in [-0.2, -0.15) is 0 Å². The van der Waals surface area contributed by atoms with Gasteiger partial charge in [-0.15, -0.1) is 0 Å². The Kier molecular flexibility index (Phi) is 4.07. The SMILES string of the molecule is Cc1nc(-c2ccc(F)cc2)nc(C)c1N1CCC(N)CC1. The average molecular weight is 300 g/mol. The molecular weight excluding hydrogens is 279 g/mol. The Balaban J connectivity index is 1.93. The maximum absolute atomic E-state index is 13.0. The molecule has 1 fully saturated rings. The molecule has 3 rings (SSSR count). The number of aromatic nitrogens is 2. The third-order valence-corrected chi connectivity index (χ3v) is 4.19. The zero-order valence-electron chi connectivity index (χ0n) is 13.0. The molecule has 1 aromatic heterocycles. The molecule has 0 amide bonds. The van der Waals surface area contributed by atoms with Gasteiger partial charge in [-0.25, -0.2) is 14.4 Å². The van der Waals surface area contributed by atoms with Crippen LogP contribution in [0.4, 0.5) is 10.1 Å². The molecule has 1 aromatic carbocycles. The van der Waals surface area contributed by atoms with Crippen LogP contribution in [0, 0.1) is 19.7 Å². The molecule has 5 heteroatoms. The van der Waals surface area contributed by atoms with Gasteiger partial charge >= 0.3 is 0 Å². The van der Waals surface area contributed by atoms with Crippen LogP contribution >= 0.6 is 0 Å². The Bertz CT molecular complexity index is 638. The minimum atomic E-state index is -0.251. The molecule has 1 aliphatic rings. The number of halogens is 1. The van der Waals surface area contributed by atoms with Crippen LogP contribution in [-0.2, 0) is 0 Å². The maximum atomic E-state index is 13.0. The molecule has 0 unspecified atom stereocenters. The highest BCUT2D eigenvalue weighted by Crippen LogP contribution is 2.27. The van der Waals surface area contributed by atoms with Gasteiger partial charge < -0.3 is 10.6 Å². The number of benzene rings is 1. The average Bonchev–Trinajstić information content (AvgIpc) is 2.49. The summed E-state index contributed by atoms with van der Waals surface area (Å²) in [6, 6.07) is 6.59. The minimum absolute atomic E-state index is 0.251. The number of anilines is 1. The summed E-state index contributed by atoms with van der Waals surface area (Å²) in [6.45, 7) is 5.90. The van der Waals surface area contributed by atoms with Crippen molar-refractivity contribution >= 4 is 5.69 Å². The molecule has 0 aliphatic carbocycles. The number of nitrogens with two attached hydrogens (primary N) is 1. The number of piperidine rings is 1. The second-order valence-corrected chi connectivity index (χ2v) is 5.90. The molecule has 2 heterocycles. The first-order chi connectivity index (χ1) is 10.5. The molecule has 2 N–H and O–H groups in total. The van der Waals surface area contributed by atoms with E-state index in [-0.39, 0.29) is 5.82 Å². The summed E-state index contributed by atoms with van der Waals surface area (Å²) in [5.74, 6) is 0.394. The smallest absolute Gasteiger partial charge is 0.159 e. The van der Waals surface area contributed by atoms with Crippen molar-refractivity contribution in [2.45, 2.75) is 32.7 Å². The predicted molar refractivity (Wildman–Crippen MR) is 86.3 cm³/mol. The fourth-order valence-electron chi connectivity index (χ4n) is 3.02. The van der Waals surface area contributed by atoms with Gasteiger partial charge in [0.1, 0.15) is 5.82 Å². The van der Waals surface area contributed by atoms with E-state index in [0.717, 1.165) is 48.6 Å². The lowest BCUT2D eigenvalue weighted by Crippen LogP contribution is -2.40. The fraction of sp³-hybridized carbons (Fsp3) is 0.412. The second-order valence-electron chi connectivity index (χ2n) is 5.90. The summed E-state index contributed by atoms with van der Waals surface area (Å²) in [4.78, 5) is 11.6. The van der Waals surface area contributed by atoms with Crippen LogP contribution in [0.3, 0.4) is 0 Å². The fourth-order valence-corrected chi connectivity index (χ4v) is 3.02. The molecule has 1 saturated heterocycles. The van der Waals surface area contributed by atoms with Gasteiger partial charge in [0.05, 0.1) is 17.1 Å². The van der Waals surface area contributed by atoms with Gasteiger partial charge in [0.2, 0.25) is 0 Å². The van der Waals surface area contributed by atoms with E-state index in [1.54, 1.807) is 12.1 Å². The largest absolute Gasteiger partial charge is 0.368 e. The lowest BCUT2D eigenvalue weighted by atomic mass is 10.0. The lowest BCUT2D eigenvalue weighted by Gasteiger charge is -2.33.